The Balaban J connectivity index is 4.17. The molecule has 0 unspecified atom stereocenters. The summed E-state index contributed by atoms with van der Waals surface area (Å²) in [5.74, 6) is -0.342. The van der Waals surface area contributed by atoms with Crippen LogP contribution in [0.15, 0.2) is 11.1 Å². The molecule has 14 heavy (non-hydrogen) atoms. The van der Waals surface area contributed by atoms with Crippen molar-refractivity contribution in [3.63, 3.8) is 0 Å². The second-order valence-electron chi connectivity index (χ2n) is 3.91. The maximum absolute atomic E-state index is 10.6. The first-order chi connectivity index (χ1) is 6.45. The van der Waals surface area contributed by atoms with Gasteiger partial charge in [-0.05, 0) is 18.4 Å². The van der Waals surface area contributed by atoms with Crippen LogP contribution in [0.5, 0.6) is 0 Å². The van der Waals surface area contributed by atoms with E-state index < -0.39 is 5.97 Å². The lowest BCUT2D eigenvalue weighted by Crippen LogP contribution is -2.34. The topological polar surface area (TPSA) is 40.5 Å². The molecule has 0 spiro atoms. The van der Waals surface area contributed by atoms with Crippen molar-refractivity contribution in [2.24, 2.45) is 5.92 Å². The van der Waals surface area contributed by atoms with Crippen molar-refractivity contribution in [3.05, 3.63) is 11.1 Å². The van der Waals surface area contributed by atoms with Crippen molar-refractivity contribution >= 4 is 17.6 Å². The molecule has 0 bridgehead atoms. The maximum atomic E-state index is 10.6. The molecule has 0 aliphatic rings. The number of halogens is 1. The molecule has 0 aliphatic heterocycles. The van der Waals surface area contributed by atoms with Crippen molar-refractivity contribution in [1.29, 1.82) is 0 Å². The first kappa shape index (κ1) is 13.5. The number of hydrogen-bond acceptors (Lipinski definition) is 2. The lowest BCUT2D eigenvalue weighted by molar-refractivity contribution is -0.138. The Morgan fingerprint density at radius 3 is 2.43 bits per heavy atom. The van der Waals surface area contributed by atoms with Gasteiger partial charge in [-0.25, -0.2) is 0 Å². The summed E-state index contributed by atoms with van der Waals surface area (Å²) in [7, 11) is 0. The fourth-order valence-corrected chi connectivity index (χ4v) is 1.35. The van der Waals surface area contributed by atoms with E-state index >= 15 is 0 Å². The smallest absolute Gasteiger partial charge is 0.317 e. The molecule has 4 heteroatoms. The minimum absolute atomic E-state index is 0.0697. The van der Waals surface area contributed by atoms with Gasteiger partial charge in [-0.15, -0.1) is 0 Å². The molecule has 0 aromatic heterocycles. The Bertz CT molecular complexity index is 214. The van der Waals surface area contributed by atoms with Gasteiger partial charge >= 0.3 is 5.97 Å². The van der Waals surface area contributed by atoms with Crippen LogP contribution in [-0.4, -0.2) is 35.6 Å². The summed E-state index contributed by atoms with van der Waals surface area (Å²) in [5.41, 5.74) is 2.48. The van der Waals surface area contributed by atoms with Gasteiger partial charge in [0.15, 0.2) is 0 Å². The van der Waals surface area contributed by atoms with Gasteiger partial charge in [0, 0.05) is 18.6 Å². The minimum Gasteiger partial charge on any atom is -0.480 e. The molecule has 0 saturated carbocycles. The van der Waals surface area contributed by atoms with Crippen LogP contribution in [0, 0.1) is 5.92 Å². The average Bonchev–Trinajstić information content (AvgIpc) is 2.01. The molecule has 0 atom stereocenters. The van der Waals surface area contributed by atoms with Crippen molar-refractivity contribution in [1.82, 2.24) is 4.90 Å². The molecule has 0 amide bonds. The second kappa shape index (κ2) is 6.85. The highest BCUT2D eigenvalue weighted by Gasteiger charge is 2.11. The molecule has 0 rings (SSSR count). The summed E-state index contributed by atoms with van der Waals surface area (Å²) in [5, 5.41) is 8.69. The zero-order chi connectivity index (χ0) is 11.1. The number of carboxylic acid groups (broad SMARTS) is 1. The second-order valence-corrected chi connectivity index (χ2v) is 4.13. The summed E-state index contributed by atoms with van der Waals surface area (Å²) in [6, 6.07) is 0. The molecule has 82 valence electrons. The Morgan fingerprint density at radius 1 is 1.50 bits per heavy atom. The molecule has 0 heterocycles. The molecule has 1 N–H and O–H groups in total. The van der Waals surface area contributed by atoms with E-state index in [1.54, 1.807) is 0 Å². The van der Waals surface area contributed by atoms with Crippen LogP contribution in [0.1, 0.15) is 20.8 Å². The molecule has 0 fully saturated rings. The minimum atomic E-state index is -0.798. The molecule has 0 saturated heterocycles. The summed E-state index contributed by atoms with van der Waals surface area (Å²) in [4.78, 5) is 12.4. The predicted molar refractivity (Wildman–Crippen MR) is 58.5 cm³/mol. The monoisotopic (exact) mass is 219 g/mol. The van der Waals surface area contributed by atoms with E-state index in [9.17, 15) is 4.79 Å². The summed E-state index contributed by atoms with van der Waals surface area (Å²) >= 11 is 5.53. The van der Waals surface area contributed by atoms with Gasteiger partial charge in [0.25, 0.3) is 0 Å². The van der Waals surface area contributed by atoms with Crippen LogP contribution in [0.25, 0.3) is 0 Å². The van der Waals surface area contributed by atoms with E-state index in [0.29, 0.717) is 12.5 Å². The molecular formula is C10H18ClNO2. The SMILES string of the molecule is CC(=CCl)CN(CC(=O)O)CC(C)C. The van der Waals surface area contributed by atoms with Gasteiger partial charge in [-0.3, -0.25) is 9.69 Å². The zero-order valence-electron chi connectivity index (χ0n) is 8.96. The summed E-state index contributed by atoms with van der Waals surface area (Å²) in [6.45, 7) is 7.48. The van der Waals surface area contributed by atoms with E-state index in [4.69, 9.17) is 16.7 Å². The van der Waals surface area contributed by atoms with Gasteiger partial charge in [0.1, 0.15) is 0 Å². The highest BCUT2D eigenvalue weighted by molar-refractivity contribution is 6.25. The van der Waals surface area contributed by atoms with E-state index in [0.717, 1.165) is 12.1 Å². The lowest BCUT2D eigenvalue weighted by atomic mass is 10.2. The van der Waals surface area contributed by atoms with Crippen molar-refractivity contribution < 1.29 is 9.90 Å². The first-order valence-electron chi connectivity index (χ1n) is 4.65. The van der Waals surface area contributed by atoms with Gasteiger partial charge in [-0.2, -0.15) is 0 Å². The van der Waals surface area contributed by atoms with Gasteiger partial charge < -0.3 is 5.11 Å². The van der Waals surface area contributed by atoms with Crippen molar-refractivity contribution in [2.45, 2.75) is 20.8 Å². The van der Waals surface area contributed by atoms with Crippen LogP contribution in [0.2, 0.25) is 0 Å². The Kier molecular flexibility index (Phi) is 6.58. The summed E-state index contributed by atoms with van der Waals surface area (Å²) < 4.78 is 0. The highest BCUT2D eigenvalue weighted by Crippen LogP contribution is 2.04. The normalized spacial score (nSPS) is 12.6. The molecule has 0 aromatic carbocycles. The van der Waals surface area contributed by atoms with Crippen molar-refractivity contribution in [2.75, 3.05) is 19.6 Å². The number of carboxylic acids is 1. The Labute approximate surface area is 90.4 Å². The van der Waals surface area contributed by atoms with E-state index in [2.05, 4.69) is 13.8 Å². The number of aliphatic carboxylic acids is 1. The van der Waals surface area contributed by atoms with Crippen LogP contribution >= 0.6 is 11.6 Å². The number of nitrogens with zero attached hydrogens (tertiary/aromatic N) is 1. The van der Waals surface area contributed by atoms with E-state index in [1.807, 2.05) is 11.8 Å². The molecule has 0 aliphatic carbocycles. The quantitative estimate of drug-likeness (QED) is 0.745. The number of hydrogen-bond donors (Lipinski definition) is 1. The molecule has 3 nitrogen and oxygen atoms in total. The Morgan fingerprint density at radius 2 is 2.07 bits per heavy atom. The fourth-order valence-electron chi connectivity index (χ4n) is 1.28. The standard InChI is InChI=1S/C10H18ClNO2/c1-8(2)5-12(7-10(13)14)6-9(3)4-11/h4,8H,5-7H2,1-3H3,(H,13,14). The average molecular weight is 220 g/mol. The maximum Gasteiger partial charge on any atom is 0.317 e. The first-order valence-corrected chi connectivity index (χ1v) is 5.09. The largest absolute Gasteiger partial charge is 0.480 e. The summed E-state index contributed by atoms with van der Waals surface area (Å²) in [6.07, 6.45) is 0. The predicted octanol–water partition coefficient (Wildman–Crippen LogP) is 2.17. The third-order valence-electron chi connectivity index (χ3n) is 1.64. The van der Waals surface area contributed by atoms with E-state index in [1.165, 1.54) is 5.54 Å². The van der Waals surface area contributed by atoms with Gasteiger partial charge in [-0.1, -0.05) is 25.4 Å². The zero-order valence-corrected chi connectivity index (χ0v) is 9.71. The molecular weight excluding hydrogens is 202 g/mol. The number of rotatable bonds is 6. The van der Waals surface area contributed by atoms with Crippen molar-refractivity contribution in [3.8, 4) is 0 Å². The lowest BCUT2D eigenvalue weighted by Gasteiger charge is -2.22. The number of carbonyl (C=O) groups is 1. The third-order valence-corrected chi connectivity index (χ3v) is 2.01. The molecule has 0 aromatic rings. The van der Waals surface area contributed by atoms with Gasteiger partial charge in [0.05, 0.1) is 6.54 Å². The Hall–Kier alpha value is -0.540. The van der Waals surface area contributed by atoms with Gasteiger partial charge in [0.2, 0.25) is 0 Å². The third kappa shape index (κ3) is 6.92. The van der Waals surface area contributed by atoms with E-state index in [-0.39, 0.29) is 6.54 Å². The van der Waals surface area contributed by atoms with Crippen LogP contribution < -0.4 is 0 Å². The van der Waals surface area contributed by atoms with Crippen LogP contribution in [0.4, 0.5) is 0 Å². The van der Waals surface area contributed by atoms with Crippen LogP contribution in [0.3, 0.4) is 0 Å². The fraction of sp³-hybridized carbons (Fsp3) is 0.700. The molecule has 0 radical (unpaired) electrons. The van der Waals surface area contributed by atoms with Crippen LogP contribution in [-0.2, 0) is 4.79 Å². The highest BCUT2D eigenvalue weighted by atomic mass is 35.5.